The van der Waals surface area contributed by atoms with E-state index in [2.05, 4.69) is 4.98 Å². The molecule has 6 nitrogen and oxygen atoms in total. The highest BCUT2D eigenvalue weighted by Gasteiger charge is 2.23. The van der Waals surface area contributed by atoms with Gasteiger partial charge in [-0.3, -0.25) is 4.79 Å². The number of morpholine rings is 1. The molecule has 4 rings (SSSR count). The SMILES string of the molecule is COc1ccc(-c2cc(C(=O)N3CCOCC3)c3cc(F)ccc3n2)c(OC)c1. The van der Waals surface area contributed by atoms with Crippen LogP contribution in [-0.4, -0.2) is 56.3 Å². The minimum absolute atomic E-state index is 0.167. The smallest absolute Gasteiger partial charge is 0.254 e. The average molecular weight is 396 g/mol. The molecule has 0 spiro atoms. The number of hydrogen-bond donors (Lipinski definition) is 0. The van der Waals surface area contributed by atoms with Gasteiger partial charge in [0.05, 0.1) is 44.2 Å². The van der Waals surface area contributed by atoms with Crippen LogP contribution in [0.25, 0.3) is 22.2 Å². The van der Waals surface area contributed by atoms with E-state index in [9.17, 15) is 9.18 Å². The van der Waals surface area contributed by atoms with E-state index in [4.69, 9.17) is 14.2 Å². The summed E-state index contributed by atoms with van der Waals surface area (Å²) in [6, 6.07) is 11.4. The molecular formula is C22H21FN2O4. The van der Waals surface area contributed by atoms with Crippen LogP contribution in [0.4, 0.5) is 4.39 Å². The minimum atomic E-state index is -0.412. The monoisotopic (exact) mass is 396 g/mol. The van der Waals surface area contributed by atoms with Crippen molar-refractivity contribution in [3.05, 3.63) is 53.8 Å². The van der Waals surface area contributed by atoms with Crippen LogP contribution in [0.3, 0.4) is 0 Å². The van der Waals surface area contributed by atoms with Crippen molar-refractivity contribution >= 4 is 16.8 Å². The molecule has 29 heavy (non-hydrogen) atoms. The topological polar surface area (TPSA) is 60.9 Å². The van der Waals surface area contributed by atoms with E-state index in [0.717, 1.165) is 5.56 Å². The fourth-order valence-corrected chi connectivity index (χ4v) is 3.46. The van der Waals surface area contributed by atoms with Crippen molar-refractivity contribution in [1.29, 1.82) is 0 Å². The number of carbonyl (C=O) groups is 1. The van der Waals surface area contributed by atoms with Crippen LogP contribution >= 0.6 is 0 Å². The van der Waals surface area contributed by atoms with E-state index >= 15 is 0 Å². The van der Waals surface area contributed by atoms with Gasteiger partial charge in [0, 0.05) is 30.1 Å². The molecule has 2 aromatic carbocycles. The average Bonchev–Trinajstić information content (AvgIpc) is 2.78. The van der Waals surface area contributed by atoms with Crippen molar-refractivity contribution < 1.29 is 23.4 Å². The number of fused-ring (bicyclic) bond motifs is 1. The predicted molar refractivity (Wildman–Crippen MR) is 107 cm³/mol. The summed E-state index contributed by atoms with van der Waals surface area (Å²) in [5.41, 5.74) is 2.23. The highest BCUT2D eigenvalue weighted by Crippen LogP contribution is 2.34. The molecular weight excluding hydrogens is 375 g/mol. The van der Waals surface area contributed by atoms with Crippen molar-refractivity contribution in [3.8, 4) is 22.8 Å². The van der Waals surface area contributed by atoms with E-state index in [1.54, 1.807) is 43.4 Å². The van der Waals surface area contributed by atoms with Gasteiger partial charge in [-0.2, -0.15) is 0 Å². The Balaban J connectivity index is 1.88. The second kappa shape index (κ2) is 8.05. The Morgan fingerprint density at radius 3 is 2.59 bits per heavy atom. The van der Waals surface area contributed by atoms with Crippen LogP contribution in [-0.2, 0) is 4.74 Å². The van der Waals surface area contributed by atoms with Gasteiger partial charge in [-0.25, -0.2) is 9.37 Å². The number of halogens is 1. The zero-order chi connectivity index (χ0) is 20.4. The molecule has 0 radical (unpaired) electrons. The molecule has 2 heterocycles. The zero-order valence-electron chi connectivity index (χ0n) is 16.3. The lowest BCUT2D eigenvalue weighted by Crippen LogP contribution is -2.40. The van der Waals surface area contributed by atoms with Crippen molar-refractivity contribution in [2.45, 2.75) is 0 Å². The van der Waals surface area contributed by atoms with Crippen LogP contribution in [0.1, 0.15) is 10.4 Å². The first-order valence-corrected chi connectivity index (χ1v) is 9.30. The zero-order valence-corrected chi connectivity index (χ0v) is 16.3. The second-order valence-corrected chi connectivity index (χ2v) is 6.69. The molecule has 150 valence electrons. The summed E-state index contributed by atoms with van der Waals surface area (Å²) in [6.07, 6.45) is 0. The summed E-state index contributed by atoms with van der Waals surface area (Å²) in [4.78, 5) is 19.6. The molecule has 0 saturated carbocycles. The molecule has 1 aromatic heterocycles. The van der Waals surface area contributed by atoms with E-state index in [-0.39, 0.29) is 5.91 Å². The second-order valence-electron chi connectivity index (χ2n) is 6.69. The number of amides is 1. The fourth-order valence-electron chi connectivity index (χ4n) is 3.46. The van der Waals surface area contributed by atoms with Crippen molar-refractivity contribution in [2.75, 3.05) is 40.5 Å². The van der Waals surface area contributed by atoms with Crippen LogP contribution < -0.4 is 9.47 Å². The molecule has 0 atom stereocenters. The van der Waals surface area contributed by atoms with E-state index < -0.39 is 5.82 Å². The normalized spacial score (nSPS) is 14.1. The summed E-state index contributed by atoms with van der Waals surface area (Å²) in [6.45, 7) is 1.98. The predicted octanol–water partition coefficient (Wildman–Crippen LogP) is 3.53. The van der Waals surface area contributed by atoms with Crippen LogP contribution in [0, 0.1) is 5.82 Å². The maximum Gasteiger partial charge on any atom is 0.254 e. The molecule has 1 saturated heterocycles. The lowest BCUT2D eigenvalue weighted by Gasteiger charge is -2.27. The first-order valence-electron chi connectivity index (χ1n) is 9.30. The Hall–Kier alpha value is -3.19. The summed E-state index contributed by atoms with van der Waals surface area (Å²) in [7, 11) is 3.14. The number of benzene rings is 2. The van der Waals surface area contributed by atoms with E-state index in [1.807, 2.05) is 6.07 Å². The summed E-state index contributed by atoms with van der Waals surface area (Å²) in [5, 5.41) is 0.484. The van der Waals surface area contributed by atoms with Gasteiger partial charge in [0.25, 0.3) is 5.91 Å². The maximum absolute atomic E-state index is 13.9. The Morgan fingerprint density at radius 1 is 1.07 bits per heavy atom. The molecule has 1 fully saturated rings. The highest BCUT2D eigenvalue weighted by atomic mass is 19.1. The third kappa shape index (κ3) is 3.73. The molecule has 3 aromatic rings. The Bertz CT molecular complexity index is 1060. The lowest BCUT2D eigenvalue weighted by molar-refractivity contribution is 0.0304. The summed E-state index contributed by atoms with van der Waals surface area (Å²) < 4.78 is 30.0. The van der Waals surface area contributed by atoms with E-state index in [0.29, 0.717) is 60.0 Å². The minimum Gasteiger partial charge on any atom is -0.497 e. The number of nitrogens with zero attached hydrogens (tertiary/aromatic N) is 2. The quantitative estimate of drug-likeness (QED) is 0.675. The first-order chi connectivity index (χ1) is 14.1. The molecule has 7 heteroatoms. The van der Waals surface area contributed by atoms with Crippen LogP contribution in [0.15, 0.2) is 42.5 Å². The third-order valence-corrected chi connectivity index (χ3v) is 4.98. The Kier molecular flexibility index (Phi) is 5.31. The third-order valence-electron chi connectivity index (χ3n) is 4.98. The molecule has 0 unspecified atom stereocenters. The van der Waals surface area contributed by atoms with Gasteiger partial charge < -0.3 is 19.1 Å². The van der Waals surface area contributed by atoms with Gasteiger partial charge in [0.1, 0.15) is 17.3 Å². The molecule has 0 aliphatic carbocycles. The van der Waals surface area contributed by atoms with Gasteiger partial charge >= 0.3 is 0 Å². The van der Waals surface area contributed by atoms with Crippen molar-refractivity contribution in [2.24, 2.45) is 0 Å². The van der Waals surface area contributed by atoms with E-state index in [1.165, 1.54) is 12.1 Å². The number of carbonyl (C=O) groups excluding carboxylic acids is 1. The van der Waals surface area contributed by atoms with Gasteiger partial charge in [0.2, 0.25) is 0 Å². The summed E-state index contributed by atoms with van der Waals surface area (Å²) in [5.74, 6) is 0.645. The number of hydrogen-bond acceptors (Lipinski definition) is 5. The van der Waals surface area contributed by atoms with Crippen LogP contribution in [0.5, 0.6) is 11.5 Å². The number of rotatable bonds is 4. The summed E-state index contributed by atoms with van der Waals surface area (Å²) >= 11 is 0. The number of methoxy groups -OCH3 is 2. The highest BCUT2D eigenvalue weighted by molar-refractivity contribution is 6.07. The molecule has 0 bridgehead atoms. The van der Waals surface area contributed by atoms with Crippen LogP contribution in [0.2, 0.25) is 0 Å². The Morgan fingerprint density at radius 2 is 1.86 bits per heavy atom. The largest absolute Gasteiger partial charge is 0.497 e. The number of aromatic nitrogens is 1. The lowest BCUT2D eigenvalue weighted by atomic mass is 10.0. The molecule has 1 amide bonds. The fraction of sp³-hybridized carbons (Fsp3) is 0.273. The Labute approximate surface area is 167 Å². The molecule has 1 aliphatic heterocycles. The van der Waals surface area contributed by atoms with Crippen molar-refractivity contribution in [1.82, 2.24) is 9.88 Å². The first kappa shape index (κ1) is 19.1. The van der Waals surface area contributed by atoms with Gasteiger partial charge in [-0.15, -0.1) is 0 Å². The maximum atomic E-state index is 13.9. The van der Waals surface area contributed by atoms with Gasteiger partial charge in [0.15, 0.2) is 0 Å². The number of ether oxygens (including phenoxy) is 3. The molecule has 1 aliphatic rings. The standard InChI is InChI=1S/C22H21FN2O4/c1-27-15-4-5-16(21(12-15)28-2)20-13-18(22(26)25-7-9-29-10-8-25)17-11-14(23)3-6-19(17)24-20/h3-6,11-13H,7-10H2,1-2H3. The van der Waals surface area contributed by atoms with Crippen molar-refractivity contribution in [3.63, 3.8) is 0 Å². The number of pyridine rings is 1. The van der Waals surface area contributed by atoms with Gasteiger partial charge in [-0.05, 0) is 36.4 Å². The van der Waals surface area contributed by atoms with Gasteiger partial charge in [-0.1, -0.05) is 0 Å². The molecule has 0 N–H and O–H groups in total.